The monoisotopic (exact) mass is 332 g/mol. The van der Waals surface area contributed by atoms with Crippen LogP contribution in [0.5, 0.6) is 0 Å². The second kappa shape index (κ2) is 5.82. The number of aromatic nitrogens is 4. The van der Waals surface area contributed by atoms with Crippen molar-refractivity contribution >= 4 is 29.0 Å². The van der Waals surface area contributed by atoms with E-state index < -0.39 is 0 Å². The summed E-state index contributed by atoms with van der Waals surface area (Å²) in [6.07, 6.45) is 0. The molecule has 4 rings (SSSR count). The fraction of sp³-hybridized carbons (Fsp3) is 0. The molecule has 0 aliphatic carbocycles. The summed E-state index contributed by atoms with van der Waals surface area (Å²) in [6.45, 7) is 0. The molecule has 1 N–H and O–H groups in total. The van der Waals surface area contributed by atoms with Crippen LogP contribution >= 0.6 is 12.2 Å². The van der Waals surface area contributed by atoms with Crippen LogP contribution in [0.4, 0.5) is 0 Å². The second-order valence-electron chi connectivity index (χ2n) is 5.25. The summed E-state index contributed by atoms with van der Waals surface area (Å²) in [5.41, 5.74) is 1.96. The maximum absolute atomic E-state index is 12.8. The van der Waals surface area contributed by atoms with Crippen molar-refractivity contribution in [3.8, 4) is 11.5 Å². The van der Waals surface area contributed by atoms with Crippen molar-refractivity contribution in [1.82, 2.24) is 19.7 Å². The molecule has 5 nitrogen and oxygen atoms in total. The molecule has 0 fully saturated rings. The molecule has 0 amide bonds. The van der Waals surface area contributed by atoms with Crippen molar-refractivity contribution in [3.05, 3.63) is 77.1 Å². The van der Waals surface area contributed by atoms with Crippen LogP contribution in [0.25, 0.3) is 22.4 Å². The van der Waals surface area contributed by atoms with Gasteiger partial charge in [-0.1, -0.05) is 42.5 Å². The van der Waals surface area contributed by atoms with E-state index in [9.17, 15) is 4.79 Å². The number of para-hydroxylation sites is 1. The first-order valence-electron chi connectivity index (χ1n) is 7.37. The van der Waals surface area contributed by atoms with E-state index in [1.54, 1.807) is 12.1 Å². The lowest BCUT2D eigenvalue weighted by molar-refractivity contribution is 0.0960. The Morgan fingerprint density at radius 2 is 1.71 bits per heavy atom. The maximum atomic E-state index is 12.8. The molecule has 4 aromatic rings. The Bertz CT molecular complexity index is 1100. The maximum Gasteiger partial charge on any atom is 0.265 e. The second-order valence-corrected chi connectivity index (χ2v) is 5.63. The highest BCUT2D eigenvalue weighted by Gasteiger charge is 2.18. The normalized spacial score (nSPS) is 10.8. The minimum absolute atomic E-state index is 0.237. The van der Waals surface area contributed by atoms with E-state index in [0.29, 0.717) is 17.1 Å². The number of fused-ring (bicyclic) bond motifs is 1. The van der Waals surface area contributed by atoms with Crippen molar-refractivity contribution in [1.29, 1.82) is 0 Å². The zero-order valence-electron chi connectivity index (χ0n) is 12.5. The molecule has 0 saturated carbocycles. The summed E-state index contributed by atoms with van der Waals surface area (Å²) < 4.78 is 1.62. The van der Waals surface area contributed by atoms with Crippen molar-refractivity contribution in [2.75, 3.05) is 0 Å². The van der Waals surface area contributed by atoms with Gasteiger partial charge in [0, 0.05) is 10.9 Å². The summed E-state index contributed by atoms with van der Waals surface area (Å²) >= 11 is 5.24. The molecule has 0 saturated heterocycles. The molecule has 24 heavy (non-hydrogen) atoms. The van der Waals surface area contributed by atoms with Crippen molar-refractivity contribution in [3.63, 3.8) is 0 Å². The quantitative estimate of drug-likeness (QED) is 0.566. The van der Waals surface area contributed by atoms with Crippen LogP contribution in [-0.4, -0.2) is 25.7 Å². The molecule has 0 radical (unpaired) electrons. The van der Waals surface area contributed by atoms with Gasteiger partial charge in [0.05, 0.1) is 5.52 Å². The fourth-order valence-electron chi connectivity index (χ4n) is 2.56. The highest BCUT2D eigenvalue weighted by atomic mass is 32.1. The predicted octanol–water partition coefficient (Wildman–Crippen LogP) is 3.84. The molecular weight excluding hydrogens is 320 g/mol. The van der Waals surface area contributed by atoms with Crippen LogP contribution in [0.3, 0.4) is 0 Å². The highest BCUT2D eigenvalue weighted by molar-refractivity contribution is 7.71. The Morgan fingerprint density at radius 3 is 2.54 bits per heavy atom. The zero-order chi connectivity index (χ0) is 16.5. The highest BCUT2D eigenvalue weighted by Crippen LogP contribution is 2.20. The lowest BCUT2D eigenvalue weighted by Gasteiger charge is -2.06. The standard InChI is InChI=1S/C18H12N4OS/c23-17(13-7-2-1-3-8-13)22-16(20-21-18(22)24)15-11-10-12-6-4-5-9-14(12)19-15/h1-11H,(H,21,24). The molecular formula is C18H12N4OS. The molecule has 0 spiro atoms. The van der Waals surface area contributed by atoms with E-state index in [1.165, 1.54) is 4.57 Å². The molecule has 2 heterocycles. The lowest BCUT2D eigenvalue weighted by atomic mass is 10.2. The van der Waals surface area contributed by atoms with Crippen molar-refractivity contribution in [2.24, 2.45) is 0 Å². The molecule has 0 aliphatic heterocycles. The third kappa shape index (κ3) is 2.43. The van der Waals surface area contributed by atoms with Gasteiger partial charge in [0.2, 0.25) is 4.77 Å². The van der Waals surface area contributed by atoms with E-state index in [0.717, 1.165) is 10.9 Å². The number of nitrogens with zero attached hydrogens (tertiary/aromatic N) is 3. The van der Waals surface area contributed by atoms with Gasteiger partial charge >= 0.3 is 0 Å². The van der Waals surface area contributed by atoms with Gasteiger partial charge in [-0.2, -0.15) is 5.10 Å². The number of carbonyl (C=O) groups is 1. The summed E-state index contributed by atoms with van der Waals surface area (Å²) in [4.78, 5) is 17.4. The number of benzene rings is 2. The number of H-pyrrole nitrogens is 1. The van der Waals surface area contributed by atoms with E-state index >= 15 is 0 Å². The Morgan fingerprint density at radius 1 is 0.958 bits per heavy atom. The minimum Gasteiger partial charge on any atom is -0.268 e. The molecule has 116 valence electrons. The SMILES string of the molecule is O=C(c1ccccc1)n1c(-c2ccc3ccccc3n2)n[nH]c1=S. The first kappa shape index (κ1) is 14.5. The predicted molar refractivity (Wildman–Crippen MR) is 94.3 cm³/mol. The molecule has 0 aliphatic rings. The summed E-state index contributed by atoms with van der Waals surface area (Å²) in [5.74, 6) is 0.166. The largest absolute Gasteiger partial charge is 0.268 e. The van der Waals surface area contributed by atoms with Crippen molar-refractivity contribution < 1.29 is 4.79 Å². The van der Waals surface area contributed by atoms with Crippen LogP contribution < -0.4 is 0 Å². The number of hydrogen-bond donors (Lipinski definition) is 1. The number of pyridine rings is 1. The Hall–Kier alpha value is -3.12. The third-order valence-corrected chi connectivity index (χ3v) is 4.00. The zero-order valence-corrected chi connectivity index (χ0v) is 13.3. The van der Waals surface area contributed by atoms with Gasteiger partial charge < -0.3 is 0 Å². The fourth-order valence-corrected chi connectivity index (χ4v) is 2.77. The van der Waals surface area contributed by atoms with Gasteiger partial charge in [0.1, 0.15) is 5.69 Å². The minimum atomic E-state index is -0.237. The molecule has 2 aromatic heterocycles. The number of aromatic amines is 1. The summed E-state index contributed by atoms with van der Waals surface area (Å²) in [7, 11) is 0. The van der Waals surface area contributed by atoms with Crippen LogP contribution in [0.2, 0.25) is 0 Å². The van der Waals surface area contributed by atoms with Crippen LogP contribution in [0, 0.1) is 4.77 Å². The van der Waals surface area contributed by atoms with Gasteiger partial charge in [-0.25, -0.2) is 9.55 Å². The van der Waals surface area contributed by atoms with Gasteiger partial charge in [-0.3, -0.25) is 9.89 Å². The van der Waals surface area contributed by atoms with Crippen LogP contribution in [-0.2, 0) is 0 Å². The van der Waals surface area contributed by atoms with Gasteiger partial charge in [-0.05, 0) is 36.5 Å². The summed E-state index contributed by atoms with van der Waals surface area (Å²) in [5, 5.41) is 7.92. The van der Waals surface area contributed by atoms with E-state index in [4.69, 9.17) is 12.2 Å². The average molecular weight is 332 g/mol. The third-order valence-electron chi connectivity index (χ3n) is 3.72. The molecule has 0 atom stereocenters. The smallest absolute Gasteiger partial charge is 0.265 e. The number of carbonyl (C=O) groups excluding carboxylic acids is 1. The molecule has 2 aromatic carbocycles. The van der Waals surface area contributed by atoms with Crippen LogP contribution in [0.15, 0.2) is 66.7 Å². The Kier molecular flexibility index (Phi) is 3.51. The van der Waals surface area contributed by atoms with E-state index in [1.807, 2.05) is 54.6 Å². The average Bonchev–Trinajstić information content (AvgIpc) is 3.03. The summed E-state index contributed by atoms with van der Waals surface area (Å²) in [6, 6.07) is 20.5. The topological polar surface area (TPSA) is 63.6 Å². The number of rotatable bonds is 2. The molecule has 0 unspecified atom stereocenters. The van der Waals surface area contributed by atoms with E-state index in [-0.39, 0.29) is 10.7 Å². The van der Waals surface area contributed by atoms with E-state index in [2.05, 4.69) is 15.2 Å². The van der Waals surface area contributed by atoms with Gasteiger partial charge in [0.15, 0.2) is 5.82 Å². The van der Waals surface area contributed by atoms with Crippen LogP contribution in [0.1, 0.15) is 10.4 Å². The molecule has 6 heteroatoms. The number of nitrogens with one attached hydrogen (secondary N) is 1. The van der Waals surface area contributed by atoms with Gasteiger partial charge in [-0.15, -0.1) is 0 Å². The Balaban J connectivity index is 1.87. The first-order valence-corrected chi connectivity index (χ1v) is 7.78. The van der Waals surface area contributed by atoms with Gasteiger partial charge in [0.25, 0.3) is 5.91 Å². The lowest BCUT2D eigenvalue weighted by Crippen LogP contribution is -2.14. The number of hydrogen-bond acceptors (Lipinski definition) is 4. The molecule has 0 bridgehead atoms. The Labute approximate surface area is 142 Å². The first-order chi connectivity index (χ1) is 11.7. The van der Waals surface area contributed by atoms with Crippen molar-refractivity contribution in [2.45, 2.75) is 0 Å².